The lowest BCUT2D eigenvalue weighted by molar-refractivity contribution is -0.925. The number of hydrogen-bond acceptors (Lipinski definition) is 4. The van der Waals surface area contributed by atoms with Gasteiger partial charge in [-0.05, 0) is 17.7 Å². The molecule has 6 heteroatoms. The van der Waals surface area contributed by atoms with Crippen LogP contribution in [0.1, 0.15) is 11.1 Å². The molecule has 1 N–H and O–H groups in total. The Morgan fingerprint density at radius 2 is 1.62 bits per heavy atom. The highest BCUT2D eigenvalue weighted by atomic mass is 16.5. The summed E-state index contributed by atoms with van der Waals surface area (Å²) in [4.78, 5) is 30.6. The van der Waals surface area contributed by atoms with E-state index in [1.54, 1.807) is 0 Å². The number of hydrogen-bond donors (Lipinski definition) is 1. The lowest BCUT2D eigenvalue weighted by Crippen LogP contribution is -3.17. The molecule has 2 aliphatic heterocycles. The maximum Gasteiger partial charge on any atom is 0.365 e. The van der Waals surface area contributed by atoms with Gasteiger partial charge in [0, 0.05) is 43.9 Å². The standard InChI is InChI=1S/C23H27N3O3/c1-29-23(28)21-15-18-7-5-6-8-19(18)16-26(21)17-22(27)25-13-11-24(12-14-25)20-9-3-2-4-10-20/h2-10,21H,11-17H2,1H3/p+1/t21-/m0/s1. The van der Waals surface area contributed by atoms with E-state index < -0.39 is 0 Å². The maximum atomic E-state index is 13.0. The number of nitrogens with one attached hydrogen (secondary N) is 1. The van der Waals surface area contributed by atoms with Crippen molar-refractivity contribution in [1.29, 1.82) is 0 Å². The zero-order valence-corrected chi connectivity index (χ0v) is 16.8. The largest absolute Gasteiger partial charge is 0.465 e. The van der Waals surface area contributed by atoms with Crippen LogP contribution in [-0.4, -0.2) is 62.7 Å². The normalized spacial score (nSPS) is 21.4. The highest BCUT2D eigenvalue weighted by Crippen LogP contribution is 2.16. The Kier molecular flexibility index (Phi) is 5.81. The van der Waals surface area contributed by atoms with E-state index in [-0.39, 0.29) is 17.9 Å². The number of amides is 1. The summed E-state index contributed by atoms with van der Waals surface area (Å²) in [6.07, 6.45) is 0.618. The summed E-state index contributed by atoms with van der Waals surface area (Å²) in [5, 5.41) is 0. The molecule has 0 aromatic heterocycles. The Morgan fingerprint density at radius 3 is 2.31 bits per heavy atom. The minimum Gasteiger partial charge on any atom is -0.465 e. The molecule has 0 bridgehead atoms. The van der Waals surface area contributed by atoms with E-state index >= 15 is 0 Å². The molecular weight excluding hydrogens is 366 g/mol. The summed E-state index contributed by atoms with van der Waals surface area (Å²) in [5.41, 5.74) is 3.59. The van der Waals surface area contributed by atoms with Gasteiger partial charge < -0.3 is 19.4 Å². The molecule has 0 spiro atoms. The third-order valence-electron chi connectivity index (χ3n) is 6.07. The van der Waals surface area contributed by atoms with Crippen molar-refractivity contribution in [3.8, 4) is 0 Å². The molecule has 0 aliphatic carbocycles. The van der Waals surface area contributed by atoms with Crippen LogP contribution in [0, 0.1) is 0 Å². The number of quaternary nitrogens is 1. The van der Waals surface area contributed by atoms with E-state index in [4.69, 9.17) is 4.74 Å². The average Bonchev–Trinajstić information content (AvgIpc) is 2.78. The highest BCUT2D eigenvalue weighted by Gasteiger charge is 2.38. The van der Waals surface area contributed by atoms with Crippen molar-refractivity contribution in [3.63, 3.8) is 0 Å². The minimum absolute atomic E-state index is 0.112. The van der Waals surface area contributed by atoms with Gasteiger partial charge in [0.25, 0.3) is 5.91 Å². The molecule has 2 heterocycles. The number of benzene rings is 2. The van der Waals surface area contributed by atoms with Crippen molar-refractivity contribution in [2.24, 2.45) is 0 Å². The van der Waals surface area contributed by atoms with Gasteiger partial charge in [0.05, 0.1) is 7.11 Å². The van der Waals surface area contributed by atoms with Gasteiger partial charge in [-0.2, -0.15) is 0 Å². The van der Waals surface area contributed by atoms with Gasteiger partial charge in [0.15, 0.2) is 12.6 Å². The van der Waals surface area contributed by atoms with E-state index in [1.807, 2.05) is 35.2 Å². The number of anilines is 1. The van der Waals surface area contributed by atoms with Crippen LogP contribution in [-0.2, 0) is 27.3 Å². The SMILES string of the molecule is COC(=O)[C@@H]1Cc2ccccc2C[NH+]1CC(=O)N1CCN(c2ccccc2)CC1. The van der Waals surface area contributed by atoms with Crippen molar-refractivity contribution in [1.82, 2.24) is 4.90 Å². The average molecular weight is 394 g/mol. The molecule has 2 atom stereocenters. The van der Waals surface area contributed by atoms with Crippen LogP contribution < -0.4 is 9.80 Å². The van der Waals surface area contributed by atoms with E-state index in [0.717, 1.165) is 18.0 Å². The van der Waals surface area contributed by atoms with Gasteiger partial charge >= 0.3 is 5.97 Å². The molecular formula is C23H28N3O3+. The van der Waals surface area contributed by atoms with Crippen molar-refractivity contribution in [2.75, 3.05) is 44.7 Å². The Labute approximate surface area is 171 Å². The van der Waals surface area contributed by atoms with E-state index in [1.165, 1.54) is 23.9 Å². The summed E-state index contributed by atoms with van der Waals surface area (Å²) in [5.74, 6) is -0.128. The molecule has 2 aromatic rings. The Balaban J connectivity index is 1.40. The molecule has 2 aromatic carbocycles. The first kappa shape index (κ1) is 19.5. The van der Waals surface area contributed by atoms with Gasteiger partial charge in [-0.25, -0.2) is 4.79 Å². The number of fused-ring (bicyclic) bond motifs is 1. The van der Waals surface area contributed by atoms with Crippen LogP contribution in [0.3, 0.4) is 0 Å². The third-order valence-corrected chi connectivity index (χ3v) is 6.07. The summed E-state index contributed by atoms with van der Waals surface area (Å²) < 4.78 is 5.03. The molecule has 1 fully saturated rings. The number of nitrogens with zero attached hydrogens (tertiary/aromatic N) is 2. The number of para-hydroxylation sites is 1. The Morgan fingerprint density at radius 1 is 0.966 bits per heavy atom. The number of carbonyl (C=O) groups excluding carboxylic acids is 2. The number of esters is 1. The monoisotopic (exact) mass is 394 g/mol. The molecule has 152 valence electrons. The Bertz CT molecular complexity index is 863. The molecule has 29 heavy (non-hydrogen) atoms. The first-order valence-corrected chi connectivity index (χ1v) is 10.2. The smallest absolute Gasteiger partial charge is 0.365 e. The van der Waals surface area contributed by atoms with Gasteiger partial charge in [0.2, 0.25) is 0 Å². The fourth-order valence-corrected chi connectivity index (χ4v) is 4.40. The zero-order chi connectivity index (χ0) is 20.2. The lowest BCUT2D eigenvalue weighted by atomic mass is 9.94. The van der Waals surface area contributed by atoms with E-state index in [9.17, 15) is 9.59 Å². The number of carbonyl (C=O) groups is 2. The first-order valence-electron chi connectivity index (χ1n) is 10.2. The predicted molar refractivity (Wildman–Crippen MR) is 111 cm³/mol. The summed E-state index contributed by atoms with van der Waals surface area (Å²) in [7, 11) is 1.42. The third kappa shape index (κ3) is 4.27. The second-order valence-electron chi connectivity index (χ2n) is 7.76. The molecule has 6 nitrogen and oxygen atoms in total. The molecule has 1 saturated heterocycles. The second kappa shape index (κ2) is 8.66. The van der Waals surface area contributed by atoms with Crippen LogP contribution in [0.5, 0.6) is 0 Å². The zero-order valence-electron chi connectivity index (χ0n) is 16.8. The van der Waals surface area contributed by atoms with Gasteiger partial charge in [-0.3, -0.25) is 4.79 Å². The summed E-state index contributed by atoms with van der Waals surface area (Å²) in [6.45, 7) is 4.06. The molecule has 0 radical (unpaired) electrons. The van der Waals surface area contributed by atoms with Crippen molar-refractivity contribution in [2.45, 2.75) is 19.0 Å². The molecule has 2 aliphatic rings. The van der Waals surface area contributed by atoms with Crippen LogP contribution in [0.4, 0.5) is 5.69 Å². The van der Waals surface area contributed by atoms with E-state index in [2.05, 4.69) is 29.2 Å². The van der Waals surface area contributed by atoms with Crippen molar-refractivity contribution in [3.05, 3.63) is 65.7 Å². The van der Waals surface area contributed by atoms with Gasteiger partial charge in [-0.15, -0.1) is 0 Å². The number of methoxy groups -OCH3 is 1. The number of piperazine rings is 1. The lowest BCUT2D eigenvalue weighted by Gasteiger charge is -2.37. The van der Waals surface area contributed by atoms with Crippen molar-refractivity contribution >= 4 is 17.6 Å². The quantitative estimate of drug-likeness (QED) is 0.769. The van der Waals surface area contributed by atoms with Crippen LogP contribution in [0.25, 0.3) is 0 Å². The second-order valence-corrected chi connectivity index (χ2v) is 7.76. The topological polar surface area (TPSA) is 54.3 Å². The molecule has 1 unspecified atom stereocenters. The highest BCUT2D eigenvalue weighted by molar-refractivity contribution is 5.79. The van der Waals surface area contributed by atoms with Crippen LogP contribution in [0.15, 0.2) is 54.6 Å². The van der Waals surface area contributed by atoms with Crippen molar-refractivity contribution < 1.29 is 19.2 Å². The first-order chi connectivity index (χ1) is 14.2. The van der Waals surface area contributed by atoms with Crippen LogP contribution >= 0.6 is 0 Å². The van der Waals surface area contributed by atoms with Crippen LogP contribution in [0.2, 0.25) is 0 Å². The number of rotatable bonds is 4. The molecule has 1 amide bonds. The predicted octanol–water partition coefficient (Wildman–Crippen LogP) is 0.518. The molecule has 0 saturated carbocycles. The summed E-state index contributed by atoms with van der Waals surface area (Å²) in [6, 6.07) is 18.1. The molecule has 4 rings (SSSR count). The number of ether oxygens (including phenoxy) is 1. The van der Waals surface area contributed by atoms with Gasteiger partial charge in [-0.1, -0.05) is 42.5 Å². The summed E-state index contributed by atoms with van der Waals surface area (Å²) >= 11 is 0. The minimum atomic E-state index is -0.329. The fraction of sp³-hybridized carbons (Fsp3) is 0.391. The fourth-order valence-electron chi connectivity index (χ4n) is 4.40. The Hall–Kier alpha value is -2.86. The van der Waals surface area contributed by atoms with E-state index in [0.29, 0.717) is 32.6 Å². The van der Waals surface area contributed by atoms with Gasteiger partial charge in [0.1, 0.15) is 6.54 Å². The maximum absolute atomic E-state index is 13.0.